The Labute approximate surface area is 93.6 Å². The van der Waals surface area contributed by atoms with Gasteiger partial charge in [-0.1, -0.05) is 29.8 Å². The van der Waals surface area contributed by atoms with Crippen molar-refractivity contribution in [1.29, 1.82) is 5.26 Å². The zero-order valence-electron chi connectivity index (χ0n) is 8.81. The molecule has 0 radical (unpaired) electrons. The molecule has 0 saturated heterocycles. The van der Waals surface area contributed by atoms with Gasteiger partial charge in [-0.15, -0.1) is 0 Å². The molecule has 1 heterocycles. The fourth-order valence-corrected chi connectivity index (χ4v) is 1.42. The molecule has 3 heteroatoms. The van der Waals surface area contributed by atoms with Gasteiger partial charge < -0.3 is 5.11 Å². The molecular weight excluding hydrogens is 200 g/mol. The molecule has 2 rings (SSSR count). The predicted octanol–water partition coefficient (Wildman–Crippen LogP) is 2.63. The highest BCUT2D eigenvalue weighted by Crippen LogP contribution is 2.22. The summed E-state index contributed by atoms with van der Waals surface area (Å²) in [6, 6.07) is 11.4. The minimum Gasteiger partial charge on any atom is -0.505 e. The summed E-state index contributed by atoms with van der Waals surface area (Å²) in [7, 11) is 0. The first-order valence-corrected chi connectivity index (χ1v) is 4.87. The van der Waals surface area contributed by atoms with E-state index < -0.39 is 0 Å². The molecule has 1 N–H and O–H groups in total. The van der Waals surface area contributed by atoms with Gasteiger partial charge in [0.1, 0.15) is 6.07 Å². The second-order valence-corrected chi connectivity index (χ2v) is 3.56. The Hall–Kier alpha value is -2.34. The molecule has 0 aliphatic rings. The Kier molecular flexibility index (Phi) is 2.57. The van der Waals surface area contributed by atoms with Crippen molar-refractivity contribution in [2.75, 3.05) is 0 Å². The summed E-state index contributed by atoms with van der Waals surface area (Å²) in [6.45, 7) is 2.01. The van der Waals surface area contributed by atoms with E-state index in [-0.39, 0.29) is 11.3 Å². The third kappa shape index (κ3) is 1.86. The van der Waals surface area contributed by atoms with Gasteiger partial charge >= 0.3 is 0 Å². The van der Waals surface area contributed by atoms with E-state index in [1.54, 1.807) is 6.07 Å². The molecular formula is C13H10N2O. The minimum absolute atomic E-state index is 0.0849. The lowest BCUT2D eigenvalue weighted by molar-refractivity contribution is 0.471. The molecule has 0 saturated carbocycles. The summed E-state index contributed by atoms with van der Waals surface area (Å²) < 4.78 is 0. The molecule has 0 aliphatic carbocycles. The van der Waals surface area contributed by atoms with Crippen LogP contribution in [0.15, 0.2) is 36.5 Å². The second-order valence-electron chi connectivity index (χ2n) is 3.56. The molecule has 0 aliphatic heterocycles. The van der Waals surface area contributed by atoms with E-state index in [0.717, 1.165) is 5.56 Å². The molecule has 0 atom stereocenters. The van der Waals surface area contributed by atoms with Gasteiger partial charge in [-0.3, -0.25) is 4.98 Å². The molecule has 3 nitrogen and oxygen atoms in total. The molecule has 1 aromatic heterocycles. The molecule has 2 aromatic rings. The van der Waals surface area contributed by atoms with Gasteiger partial charge in [-0.25, -0.2) is 0 Å². The topological polar surface area (TPSA) is 56.9 Å². The van der Waals surface area contributed by atoms with Crippen molar-refractivity contribution in [1.82, 2.24) is 4.98 Å². The molecule has 0 fully saturated rings. The Balaban J connectivity index is 2.49. The quantitative estimate of drug-likeness (QED) is 0.787. The van der Waals surface area contributed by atoms with Crippen LogP contribution in [0.3, 0.4) is 0 Å². The number of aryl methyl sites for hydroxylation is 1. The largest absolute Gasteiger partial charge is 0.505 e. The summed E-state index contributed by atoms with van der Waals surface area (Å²) in [6.07, 6.45) is 1.30. The van der Waals surface area contributed by atoms with Crippen LogP contribution in [0, 0.1) is 18.3 Å². The van der Waals surface area contributed by atoms with Gasteiger partial charge in [0.15, 0.2) is 5.75 Å². The maximum Gasteiger partial charge on any atom is 0.151 e. The van der Waals surface area contributed by atoms with E-state index in [4.69, 9.17) is 5.26 Å². The Bertz CT molecular complexity index is 553. The number of rotatable bonds is 1. The van der Waals surface area contributed by atoms with Crippen LogP contribution < -0.4 is 0 Å². The van der Waals surface area contributed by atoms with Crippen LogP contribution in [0.2, 0.25) is 0 Å². The van der Waals surface area contributed by atoms with Gasteiger partial charge in [0.05, 0.1) is 17.5 Å². The van der Waals surface area contributed by atoms with Crippen molar-refractivity contribution in [3.05, 3.63) is 47.7 Å². The molecule has 78 valence electrons. The van der Waals surface area contributed by atoms with Crippen molar-refractivity contribution >= 4 is 0 Å². The number of benzene rings is 1. The van der Waals surface area contributed by atoms with Crippen molar-refractivity contribution in [2.24, 2.45) is 0 Å². The highest BCUT2D eigenvalue weighted by Gasteiger charge is 2.04. The first-order chi connectivity index (χ1) is 7.70. The monoisotopic (exact) mass is 210 g/mol. The average Bonchev–Trinajstić information content (AvgIpc) is 2.31. The number of nitriles is 1. The maximum atomic E-state index is 9.34. The zero-order valence-corrected chi connectivity index (χ0v) is 8.81. The zero-order chi connectivity index (χ0) is 11.5. The van der Waals surface area contributed by atoms with Crippen molar-refractivity contribution < 1.29 is 5.11 Å². The highest BCUT2D eigenvalue weighted by molar-refractivity contribution is 5.62. The Morgan fingerprint density at radius 2 is 1.94 bits per heavy atom. The van der Waals surface area contributed by atoms with Crippen LogP contribution in [0.25, 0.3) is 11.3 Å². The number of nitrogens with zero attached hydrogens (tertiary/aromatic N) is 2. The lowest BCUT2D eigenvalue weighted by Crippen LogP contribution is -1.86. The van der Waals surface area contributed by atoms with E-state index in [0.29, 0.717) is 5.69 Å². The van der Waals surface area contributed by atoms with Crippen LogP contribution in [0.1, 0.15) is 11.1 Å². The SMILES string of the molecule is Cc1ccc(-c2cc(C#N)c(O)cn2)cc1. The Morgan fingerprint density at radius 3 is 2.56 bits per heavy atom. The molecule has 0 unspecified atom stereocenters. The maximum absolute atomic E-state index is 9.34. The normalized spacial score (nSPS) is 9.75. The van der Waals surface area contributed by atoms with Crippen molar-refractivity contribution in [3.8, 4) is 23.1 Å². The second kappa shape index (κ2) is 4.03. The van der Waals surface area contributed by atoms with E-state index in [1.165, 1.54) is 11.8 Å². The molecule has 0 amide bonds. The predicted molar refractivity (Wildman–Crippen MR) is 60.8 cm³/mol. The summed E-state index contributed by atoms with van der Waals surface area (Å²) in [5.74, 6) is -0.0849. The third-order valence-electron chi connectivity index (χ3n) is 2.35. The smallest absolute Gasteiger partial charge is 0.151 e. The van der Waals surface area contributed by atoms with Gasteiger partial charge in [0.25, 0.3) is 0 Å². The number of hydrogen-bond acceptors (Lipinski definition) is 3. The van der Waals surface area contributed by atoms with Crippen LogP contribution in [0.4, 0.5) is 0 Å². The van der Waals surface area contributed by atoms with Crippen molar-refractivity contribution in [2.45, 2.75) is 6.92 Å². The summed E-state index contributed by atoms with van der Waals surface area (Å²) in [5, 5.41) is 18.1. The summed E-state index contributed by atoms with van der Waals surface area (Å²) in [4.78, 5) is 4.09. The number of pyridine rings is 1. The minimum atomic E-state index is -0.0849. The molecule has 0 spiro atoms. The summed E-state index contributed by atoms with van der Waals surface area (Å²) >= 11 is 0. The van der Waals surface area contributed by atoms with E-state index in [2.05, 4.69) is 4.98 Å². The highest BCUT2D eigenvalue weighted by atomic mass is 16.3. The first-order valence-electron chi connectivity index (χ1n) is 4.87. The standard InChI is InChI=1S/C13H10N2O/c1-9-2-4-10(5-3-9)12-6-11(7-14)13(16)8-15-12/h2-6,8,16H,1H3. The van der Waals surface area contributed by atoms with Crippen LogP contribution >= 0.6 is 0 Å². The van der Waals surface area contributed by atoms with Crippen LogP contribution in [0.5, 0.6) is 5.75 Å². The molecule has 16 heavy (non-hydrogen) atoms. The fourth-order valence-electron chi connectivity index (χ4n) is 1.42. The molecule has 0 bridgehead atoms. The van der Waals surface area contributed by atoms with Crippen LogP contribution in [-0.2, 0) is 0 Å². The number of aromatic hydroxyl groups is 1. The first kappa shape index (κ1) is 10.2. The van der Waals surface area contributed by atoms with Crippen molar-refractivity contribution in [3.63, 3.8) is 0 Å². The van der Waals surface area contributed by atoms with Gasteiger partial charge in [-0.05, 0) is 13.0 Å². The van der Waals surface area contributed by atoms with E-state index in [1.807, 2.05) is 37.3 Å². The molecule has 1 aromatic carbocycles. The average molecular weight is 210 g/mol. The van der Waals surface area contributed by atoms with Gasteiger partial charge in [0, 0.05) is 5.56 Å². The fraction of sp³-hybridized carbons (Fsp3) is 0.0769. The lowest BCUT2D eigenvalue weighted by atomic mass is 10.1. The summed E-state index contributed by atoms with van der Waals surface area (Å²) in [5.41, 5.74) is 3.03. The number of aromatic nitrogens is 1. The number of hydrogen-bond donors (Lipinski definition) is 1. The van der Waals surface area contributed by atoms with Crippen LogP contribution in [-0.4, -0.2) is 10.1 Å². The van der Waals surface area contributed by atoms with E-state index in [9.17, 15) is 5.11 Å². The van der Waals surface area contributed by atoms with Gasteiger partial charge in [-0.2, -0.15) is 5.26 Å². The van der Waals surface area contributed by atoms with Gasteiger partial charge in [0.2, 0.25) is 0 Å². The Morgan fingerprint density at radius 1 is 1.25 bits per heavy atom. The van der Waals surface area contributed by atoms with E-state index >= 15 is 0 Å². The lowest BCUT2D eigenvalue weighted by Gasteiger charge is -2.02. The third-order valence-corrected chi connectivity index (χ3v) is 2.35.